The highest BCUT2D eigenvalue weighted by Gasteiger charge is 2.36. The van der Waals surface area contributed by atoms with Crippen LogP contribution in [-0.4, -0.2) is 24.7 Å². The first-order valence-electron chi connectivity index (χ1n) is 11.5. The molecule has 0 aliphatic carbocycles. The Kier molecular flexibility index (Phi) is 7.86. The van der Waals surface area contributed by atoms with Gasteiger partial charge in [-0.2, -0.15) is 18.3 Å². The zero-order chi connectivity index (χ0) is 27.4. The van der Waals surface area contributed by atoms with Crippen LogP contribution >= 0.6 is 11.3 Å². The average molecular weight is 547 g/mol. The molecule has 38 heavy (non-hydrogen) atoms. The summed E-state index contributed by atoms with van der Waals surface area (Å²) in [5, 5.41) is 5.87. The Morgan fingerprint density at radius 2 is 1.92 bits per heavy atom. The molecule has 4 aromatic heterocycles. The summed E-state index contributed by atoms with van der Waals surface area (Å²) in [6, 6.07) is 8.51. The molecule has 0 aliphatic heterocycles. The number of unbranched alkanes of at least 4 members (excludes halogenated alkanes) is 2. The molecule has 0 unspecified atom stereocenters. The van der Waals surface area contributed by atoms with Crippen LogP contribution in [0.2, 0.25) is 0 Å². The van der Waals surface area contributed by atoms with Gasteiger partial charge in [0.1, 0.15) is 16.2 Å². The molecule has 0 bridgehead atoms. The fourth-order valence-corrected chi connectivity index (χ4v) is 4.47. The smallest absolute Gasteiger partial charge is 0.397 e. The number of nitrogens with one attached hydrogen (secondary N) is 1. The Morgan fingerprint density at radius 1 is 1.13 bits per heavy atom. The second-order valence-electron chi connectivity index (χ2n) is 8.34. The van der Waals surface area contributed by atoms with Gasteiger partial charge in [-0.15, -0.1) is 11.3 Å². The van der Waals surface area contributed by atoms with Gasteiger partial charge in [-0.1, -0.05) is 19.8 Å². The third-order valence-corrected chi connectivity index (χ3v) is 6.44. The second kappa shape index (κ2) is 11.1. The van der Waals surface area contributed by atoms with Crippen LogP contribution in [0.3, 0.4) is 0 Å². The summed E-state index contributed by atoms with van der Waals surface area (Å²) in [5.74, 6) is -0.433. The van der Waals surface area contributed by atoms with Gasteiger partial charge in [-0.25, -0.2) is 19.5 Å². The van der Waals surface area contributed by atoms with Gasteiger partial charge < -0.3 is 10.3 Å². The third-order valence-electron chi connectivity index (χ3n) is 5.71. The number of thiazole rings is 1. The summed E-state index contributed by atoms with van der Waals surface area (Å²) in [6.07, 6.45) is 0.912. The summed E-state index contributed by atoms with van der Waals surface area (Å²) in [4.78, 5) is 32.7. The Bertz CT molecular complexity index is 1710. The SMILES string of the molecule is CCCCCn1ccc2cc(-c3ccc4ncsc4n3)c(F)cc2c1=O.Nc1cn[nH]c(=O)c1C(F)(F)F. The molecule has 0 amide bonds. The van der Waals surface area contributed by atoms with Crippen molar-refractivity contribution in [1.29, 1.82) is 0 Å². The number of nitrogen functional groups attached to an aromatic ring is 1. The van der Waals surface area contributed by atoms with Crippen molar-refractivity contribution in [1.82, 2.24) is 24.7 Å². The van der Waals surface area contributed by atoms with E-state index >= 15 is 0 Å². The number of H-pyrrole nitrogens is 1. The van der Waals surface area contributed by atoms with E-state index in [1.165, 1.54) is 17.4 Å². The topological polar surface area (TPSA) is 120 Å². The number of hydrogen-bond acceptors (Lipinski definition) is 7. The van der Waals surface area contributed by atoms with Crippen LogP contribution in [0.5, 0.6) is 0 Å². The van der Waals surface area contributed by atoms with Gasteiger partial charge in [-0.3, -0.25) is 9.59 Å². The number of rotatable bonds is 5. The van der Waals surface area contributed by atoms with Crippen LogP contribution in [-0.2, 0) is 12.7 Å². The molecule has 0 fully saturated rings. The number of nitrogens with zero attached hydrogens (tertiary/aromatic N) is 4. The highest BCUT2D eigenvalue weighted by atomic mass is 32.1. The van der Waals surface area contributed by atoms with Crippen molar-refractivity contribution in [3.8, 4) is 11.3 Å². The molecule has 5 aromatic rings. The lowest BCUT2D eigenvalue weighted by atomic mass is 10.0. The average Bonchev–Trinajstić information content (AvgIpc) is 3.33. The number of nitrogens with two attached hydrogens (primary N) is 1. The molecule has 1 aromatic carbocycles. The third kappa shape index (κ3) is 5.72. The second-order valence-corrected chi connectivity index (χ2v) is 9.17. The van der Waals surface area contributed by atoms with E-state index < -0.39 is 28.8 Å². The van der Waals surface area contributed by atoms with Gasteiger partial charge in [0.15, 0.2) is 0 Å². The normalized spacial score (nSPS) is 11.5. The molecule has 0 spiro atoms. The Hall–Kier alpha value is -4.13. The molecule has 0 saturated heterocycles. The Labute approximate surface area is 216 Å². The van der Waals surface area contributed by atoms with E-state index in [9.17, 15) is 27.2 Å². The molecular weight excluding hydrogens is 524 g/mol. The standard InChI is InChI=1S/C20H18FN3OS.C5H4F3N3O/c1-2-3-4-8-24-9-7-13-10-15(16(21)11-14(13)20(24)25)17-5-6-18-19(23-17)26-12-22-18;6-5(7,8)3-2(9)1-10-11-4(3)12/h5-7,9-12H,2-4,8H2,1H3;1H,(H3,9,11,12). The predicted octanol–water partition coefficient (Wildman–Crippen LogP) is 5.37. The number of anilines is 1. The van der Waals surface area contributed by atoms with Crippen LogP contribution in [0.15, 0.2) is 57.8 Å². The van der Waals surface area contributed by atoms with Gasteiger partial charge in [0.25, 0.3) is 11.1 Å². The van der Waals surface area contributed by atoms with Crippen LogP contribution < -0.4 is 16.9 Å². The molecule has 13 heteroatoms. The molecule has 8 nitrogen and oxygen atoms in total. The van der Waals surface area contributed by atoms with Crippen molar-refractivity contribution in [3.05, 3.63) is 80.3 Å². The van der Waals surface area contributed by atoms with Crippen molar-refractivity contribution in [2.75, 3.05) is 5.73 Å². The zero-order valence-electron chi connectivity index (χ0n) is 20.1. The number of alkyl halides is 3. The summed E-state index contributed by atoms with van der Waals surface area (Å²) < 4.78 is 52.4. The Balaban J connectivity index is 0.000000236. The van der Waals surface area contributed by atoms with E-state index in [-0.39, 0.29) is 5.56 Å². The van der Waals surface area contributed by atoms with Crippen LogP contribution in [0.1, 0.15) is 31.7 Å². The van der Waals surface area contributed by atoms with Gasteiger partial charge in [0, 0.05) is 18.3 Å². The quantitative estimate of drug-likeness (QED) is 0.226. The molecule has 0 saturated carbocycles. The number of aryl methyl sites for hydroxylation is 1. The molecular formula is C25H22F4N6O2S. The molecule has 0 radical (unpaired) electrons. The maximum Gasteiger partial charge on any atom is 0.423 e. The van der Waals surface area contributed by atoms with Crippen LogP contribution in [0.4, 0.5) is 23.2 Å². The largest absolute Gasteiger partial charge is 0.423 e. The number of pyridine rings is 2. The van der Waals surface area contributed by atoms with E-state index in [2.05, 4.69) is 22.0 Å². The molecule has 5 rings (SSSR count). The number of halogens is 4. The minimum atomic E-state index is -4.74. The van der Waals surface area contributed by atoms with E-state index in [1.807, 2.05) is 12.1 Å². The number of hydrogen-bond donors (Lipinski definition) is 2. The maximum atomic E-state index is 14.7. The lowest BCUT2D eigenvalue weighted by molar-refractivity contribution is -0.138. The first kappa shape index (κ1) is 26.9. The number of benzene rings is 1. The summed E-state index contributed by atoms with van der Waals surface area (Å²) in [6.45, 7) is 2.79. The minimum absolute atomic E-state index is 0.144. The van der Waals surface area contributed by atoms with Crippen molar-refractivity contribution in [2.24, 2.45) is 0 Å². The molecule has 0 aliphatic rings. The lowest BCUT2D eigenvalue weighted by Gasteiger charge is -2.09. The van der Waals surface area contributed by atoms with Crippen LogP contribution in [0, 0.1) is 5.82 Å². The van der Waals surface area contributed by atoms with E-state index in [0.717, 1.165) is 41.2 Å². The van der Waals surface area contributed by atoms with Crippen LogP contribution in [0.25, 0.3) is 32.4 Å². The summed E-state index contributed by atoms with van der Waals surface area (Å²) >= 11 is 1.42. The highest BCUT2D eigenvalue weighted by molar-refractivity contribution is 7.16. The predicted molar refractivity (Wildman–Crippen MR) is 138 cm³/mol. The number of aromatic amines is 1. The molecule has 3 N–H and O–H groups in total. The summed E-state index contributed by atoms with van der Waals surface area (Å²) in [5.41, 5.74) is 4.82. The number of aromatic nitrogens is 5. The Morgan fingerprint density at radius 3 is 2.61 bits per heavy atom. The van der Waals surface area contributed by atoms with Crippen molar-refractivity contribution >= 4 is 38.1 Å². The van der Waals surface area contributed by atoms with Gasteiger partial charge in [0.05, 0.1) is 34.0 Å². The highest BCUT2D eigenvalue weighted by Crippen LogP contribution is 2.30. The monoisotopic (exact) mass is 546 g/mol. The first-order valence-corrected chi connectivity index (χ1v) is 12.4. The number of fused-ring (bicyclic) bond motifs is 2. The summed E-state index contributed by atoms with van der Waals surface area (Å²) in [7, 11) is 0. The minimum Gasteiger partial charge on any atom is -0.397 e. The van der Waals surface area contributed by atoms with Crippen molar-refractivity contribution in [3.63, 3.8) is 0 Å². The fourth-order valence-electron chi connectivity index (χ4n) is 3.82. The van der Waals surface area contributed by atoms with Gasteiger partial charge in [-0.05, 0) is 42.1 Å². The molecule has 4 heterocycles. The first-order chi connectivity index (χ1) is 18.1. The van der Waals surface area contributed by atoms with Crippen molar-refractivity contribution < 1.29 is 17.6 Å². The fraction of sp³-hybridized carbons (Fsp3) is 0.240. The lowest BCUT2D eigenvalue weighted by Crippen LogP contribution is -2.24. The maximum absolute atomic E-state index is 14.7. The van der Waals surface area contributed by atoms with Gasteiger partial charge >= 0.3 is 6.18 Å². The van der Waals surface area contributed by atoms with E-state index in [4.69, 9.17) is 5.73 Å². The van der Waals surface area contributed by atoms with Gasteiger partial charge in [0.2, 0.25) is 0 Å². The van der Waals surface area contributed by atoms with E-state index in [1.54, 1.807) is 33.5 Å². The molecule has 198 valence electrons. The molecule has 0 atom stereocenters. The zero-order valence-corrected chi connectivity index (χ0v) is 20.9. The van der Waals surface area contributed by atoms with E-state index in [0.29, 0.717) is 23.2 Å². The van der Waals surface area contributed by atoms with Crippen molar-refractivity contribution in [2.45, 2.75) is 38.9 Å².